The Bertz CT molecular complexity index is 915. The number of nitrogens with one attached hydrogen (secondary N) is 1. The van der Waals surface area contributed by atoms with E-state index in [0.29, 0.717) is 25.7 Å². The number of H-pyrrole nitrogens is 1. The number of aromatic amines is 1. The Hall–Kier alpha value is -1.59. The zero-order chi connectivity index (χ0) is 18.6. The van der Waals surface area contributed by atoms with Gasteiger partial charge in [0.2, 0.25) is 5.91 Å². The molecule has 2 atom stereocenters. The Balaban J connectivity index is 1.90. The summed E-state index contributed by atoms with van der Waals surface area (Å²) in [6.45, 7) is 5.98. The van der Waals surface area contributed by atoms with Gasteiger partial charge in [-0.05, 0) is 66.0 Å². The van der Waals surface area contributed by atoms with Gasteiger partial charge in [0.05, 0.1) is 11.9 Å². The Morgan fingerprint density at radius 2 is 2.20 bits per heavy atom. The number of carbonyl (C=O) groups is 1. The molecule has 0 radical (unpaired) electrons. The third-order valence-corrected chi connectivity index (χ3v) is 6.28. The summed E-state index contributed by atoms with van der Waals surface area (Å²) in [5, 5.41) is 1.19. The maximum atomic E-state index is 13.0. The van der Waals surface area contributed by atoms with Crippen LogP contribution in [0.1, 0.15) is 26.3 Å². The van der Waals surface area contributed by atoms with Gasteiger partial charge in [0.1, 0.15) is 0 Å². The summed E-state index contributed by atoms with van der Waals surface area (Å²) >= 11 is 3.66. The second kappa shape index (κ2) is 6.29. The smallest absolute Gasteiger partial charge is 0.230 e. The van der Waals surface area contributed by atoms with Crippen molar-refractivity contribution in [1.82, 2.24) is 14.8 Å². The first kappa shape index (κ1) is 15.6. The summed E-state index contributed by atoms with van der Waals surface area (Å²) in [5.74, 6) is -0.309. The molecule has 0 saturated carbocycles. The van der Waals surface area contributed by atoms with Gasteiger partial charge < -0.3 is 9.88 Å². The number of halogens is 1. The maximum absolute atomic E-state index is 13.0. The van der Waals surface area contributed by atoms with Crippen molar-refractivity contribution in [3.05, 3.63) is 40.0 Å². The molecule has 0 spiro atoms. The quantitative estimate of drug-likeness (QED) is 0.850. The molecular weight excluding hydrogens is 378 g/mol. The summed E-state index contributed by atoms with van der Waals surface area (Å²) < 4.78 is 9.94. The van der Waals surface area contributed by atoms with Crippen LogP contribution in [0.25, 0.3) is 16.5 Å². The number of hydrogen-bond acceptors (Lipinski definition) is 2. The number of likely N-dealkylation sites (N-methyl/N-ethyl adjacent to an activating group) is 1. The second-order valence-electron chi connectivity index (χ2n) is 6.93. The maximum Gasteiger partial charge on any atom is 0.230 e. The molecule has 0 bridgehead atoms. The summed E-state index contributed by atoms with van der Waals surface area (Å²) in [5.41, 5.74) is 4.49. The molecule has 1 N–H and O–H groups in total. The minimum atomic E-state index is -0.384. The van der Waals surface area contributed by atoms with Crippen molar-refractivity contribution < 1.29 is 6.17 Å². The van der Waals surface area contributed by atoms with Crippen LogP contribution in [0.5, 0.6) is 0 Å². The molecule has 2 heterocycles. The summed E-state index contributed by atoms with van der Waals surface area (Å²) in [4.78, 5) is 20.5. The Labute approximate surface area is 158 Å². The zero-order valence-corrected chi connectivity index (χ0v) is 16.5. The largest absolute Gasteiger partial charge is 0.349 e. The lowest BCUT2D eigenvalue weighted by Gasteiger charge is -2.40. The first-order valence-corrected chi connectivity index (χ1v) is 9.76. The van der Waals surface area contributed by atoms with Crippen molar-refractivity contribution in [2.24, 2.45) is 5.92 Å². The third-order valence-electron chi connectivity index (χ3n) is 5.60. The van der Waals surface area contributed by atoms with E-state index in [1.165, 1.54) is 10.9 Å². The average Bonchev–Trinajstić information content (AvgIpc) is 2.96. The average molecular weight is 403 g/mol. The van der Waals surface area contributed by atoms with Crippen LogP contribution in [-0.4, -0.2) is 53.4 Å². The number of amides is 1. The van der Waals surface area contributed by atoms with Crippen molar-refractivity contribution in [2.45, 2.75) is 26.3 Å². The molecule has 2 aromatic rings. The molecule has 132 valence electrons. The highest BCUT2D eigenvalue weighted by atomic mass is 79.9. The van der Waals surface area contributed by atoms with Gasteiger partial charge in [0.25, 0.3) is 0 Å². The fourth-order valence-corrected chi connectivity index (χ4v) is 4.84. The molecule has 5 heteroatoms. The minimum absolute atomic E-state index is 0.0750. The second-order valence-corrected chi connectivity index (χ2v) is 7.72. The van der Waals surface area contributed by atoms with Crippen LogP contribution in [0.4, 0.5) is 0 Å². The predicted molar refractivity (Wildman–Crippen MR) is 106 cm³/mol. The minimum Gasteiger partial charge on any atom is -0.349 e. The molecular formula is C20H24BrN3O. The van der Waals surface area contributed by atoms with Gasteiger partial charge >= 0.3 is 0 Å². The van der Waals surface area contributed by atoms with E-state index in [2.05, 4.69) is 45.0 Å². The standard InChI is InChI=1S/C20H24BrN3O/c1-4-24(5-2)20(25)12-9-14-13-7-6-8-16-18(13)15(19(21)22-16)10-17(14)23(3)11-12/h6-9,12,17,22H,4-5,10-11H2,1-3H3/t12-,17-/m1/s1/i9D. The van der Waals surface area contributed by atoms with Crippen LogP contribution in [-0.2, 0) is 11.2 Å². The molecule has 1 amide bonds. The molecule has 0 unspecified atom stereocenters. The lowest BCUT2D eigenvalue weighted by Crippen LogP contribution is -2.47. The van der Waals surface area contributed by atoms with E-state index in [0.717, 1.165) is 27.7 Å². The molecule has 1 aliphatic heterocycles. The number of benzene rings is 1. The number of nitrogens with zero attached hydrogens (tertiary/aromatic N) is 2. The molecule has 1 aromatic carbocycles. The number of rotatable bonds is 3. The van der Waals surface area contributed by atoms with Crippen LogP contribution in [0.2, 0.25) is 0 Å². The Morgan fingerprint density at radius 3 is 2.92 bits per heavy atom. The molecule has 4 rings (SSSR count). The van der Waals surface area contributed by atoms with E-state index in [9.17, 15) is 4.79 Å². The number of hydrogen-bond donors (Lipinski definition) is 1. The first-order chi connectivity index (χ1) is 12.5. The summed E-state index contributed by atoms with van der Waals surface area (Å²) in [6, 6.07) is 6.85. The Kier molecular flexibility index (Phi) is 3.94. The predicted octanol–water partition coefficient (Wildman–Crippen LogP) is 3.67. The van der Waals surface area contributed by atoms with E-state index >= 15 is 0 Å². The van der Waals surface area contributed by atoms with Gasteiger partial charge in [0, 0.05) is 36.6 Å². The van der Waals surface area contributed by atoms with Crippen LogP contribution in [0.15, 0.2) is 28.9 Å². The number of aromatic nitrogens is 1. The lowest BCUT2D eigenvalue weighted by atomic mass is 9.79. The van der Waals surface area contributed by atoms with Gasteiger partial charge in [-0.3, -0.25) is 9.69 Å². The molecule has 0 fully saturated rings. The van der Waals surface area contributed by atoms with Crippen LogP contribution in [0, 0.1) is 5.92 Å². The van der Waals surface area contributed by atoms with Gasteiger partial charge in [-0.15, -0.1) is 0 Å². The van der Waals surface area contributed by atoms with Crippen LogP contribution >= 0.6 is 15.9 Å². The zero-order valence-electron chi connectivity index (χ0n) is 15.9. The number of carbonyl (C=O) groups excluding carboxylic acids is 1. The van der Waals surface area contributed by atoms with E-state index < -0.39 is 0 Å². The first-order valence-electron chi connectivity index (χ1n) is 9.47. The van der Waals surface area contributed by atoms with E-state index in [1.807, 2.05) is 24.8 Å². The highest BCUT2D eigenvalue weighted by molar-refractivity contribution is 9.10. The van der Waals surface area contributed by atoms with E-state index in [-0.39, 0.29) is 17.9 Å². The fourth-order valence-electron chi connectivity index (χ4n) is 4.27. The monoisotopic (exact) mass is 402 g/mol. The molecule has 1 aromatic heterocycles. The van der Waals surface area contributed by atoms with Crippen molar-refractivity contribution in [3.63, 3.8) is 0 Å². The summed E-state index contributed by atoms with van der Waals surface area (Å²) in [7, 11) is 2.07. The molecule has 1 aliphatic carbocycles. The topological polar surface area (TPSA) is 39.3 Å². The van der Waals surface area contributed by atoms with Crippen LogP contribution in [0.3, 0.4) is 0 Å². The van der Waals surface area contributed by atoms with Gasteiger partial charge in [-0.1, -0.05) is 18.2 Å². The molecule has 4 nitrogen and oxygen atoms in total. The van der Waals surface area contributed by atoms with Crippen LogP contribution < -0.4 is 0 Å². The van der Waals surface area contributed by atoms with Gasteiger partial charge in [-0.2, -0.15) is 0 Å². The van der Waals surface area contributed by atoms with Gasteiger partial charge in [-0.25, -0.2) is 0 Å². The lowest BCUT2D eigenvalue weighted by molar-refractivity contribution is -0.134. The van der Waals surface area contributed by atoms with E-state index in [4.69, 9.17) is 1.37 Å². The summed E-state index contributed by atoms with van der Waals surface area (Å²) in [6.07, 6.45) is 0.859. The highest BCUT2D eigenvalue weighted by Gasteiger charge is 2.37. The highest BCUT2D eigenvalue weighted by Crippen LogP contribution is 2.43. The number of fused-ring (bicyclic) bond motifs is 2. The van der Waals surface area contributed by atoms with Crippen molar-refractivity contribution in [2.75, 3.05) is 26.7 Å². The van der Waals surface area contributed by atoms with Crippen molar-refractivity contribution >= 4 is 38.3 Å². The fraction of sp³-hybridized carbons (Fsp3) is 0.450. The Morgan fingerprint density at radius 1 is 1.44 bits per heavy atom. The van der Waals surface area contributed by atoms with E-state index in [1.54, 1.807) is 0 Å². The SMILES string of the molecule is [2H]C1=C2c3cccc4[nH]c(Br)c(c34)C[C@H]2N(C)C[C@@H]1C(=O)N(CC)CC. The van der Waals surface area contributed by atoms with Crippen molar-refractivity contribution in [1.29, 1.82) is 0 Å². The molecule has 25 heavy (non-hydrogen) atoms. The normalized spacial score (nSPS) is 23.6. The van der Waals surface area contributed by atoms with Gasteiger partial charge in [0.15, 0.2) is 0 Å². The third kappa shape index (κ3) is 2.56. The van der Waals surface area contributed by atoms with Crippen molar-refractivity contribution in [3.8, 4) is 0 Å². The molecule has 0 saturated heterocycles. The molecule has 2 aliphatic rings.